The molecule has 4 heterocycles. The van der Waals surface area contributed by atoms with Gasteiger partial charge in [-0.15, -0.1) is 0 Å². The van der Waals surface area contributed by atoms with Gasteiger partial charge >= 0.3 is 0 Å². The number of hydrogen-bond donors (Lipinski definition) is 1. The minimum atomic E-state index is -0.513. The molecule has 0 bridgehead atoms. The molecule has 1 N–H and O–H groups in total. The summed E-state index contributed by atoms with van der Waals surface area (Å²) in [5.41, 5.74) is 1.88. The lowest BCUT2D eigenvalue weighted by Gasteiger charge is -2.35. The van der Waals surface area contributed by atoms with Gasteiger partial charge in [0.25, 0.3) is 0 Å². The Balaban J connectivity index is 1.72. The number of ether oxygens (including phenoxy) is 2. The molecular weight excluding hydrogens is 445 g/mol. The molecule has 6 rings (SSSR count). The topological polar surface area (TPSA) is 72.4 Å². The van der Waals surface area contributed by atoms with Gasteiger partial charge in [-0.1, -0.05) is 23.7 Å². The standard InChI is InChI=1S/C24H21ClFN5O2/c1-12-3-4-13-5-6-28-24(32-2)16(13)15(12)17-19(25)22-18-21(20(17)26)29-11-30-23(18)31-8-7-27-9-14(31)10-33-22/h3-6,11,14,27H,7-10H2,1-2H3/t14-/m0/s1. The van der Waals surface area contributed by atoms with E-state index in [1.807, 2.05) is 25.1 Å². The zero-order valence-corrected chi connectivity index (χ0v) is 18.9. The predicted molar refractivity (Wildman–Crippen MR) is 126 cm³/mol. The number of benzene rings is 2. The maximum atomic E-state index is 16.3. The van der Waals surface area contributed by atoms with E-state index >= 15 is 4.39 Å². The molecular formula is C24H21ClFN5O2. The Labute approximate surface area is 194 Å². The quantitative estimate of drug-likeness (QED) is 0.477. The van der Waals surface area contributed by atoms with Crippen LogP contribution in [-0.4, -0.2) is 54.3 Å². The number of hydrogen-bond acceptors (Lipinski definition) is 7. The smallest absolute Gasteiger partial charge is 0.221 e. The number of methoxy groups -OCH3 is 1. The van der Waals surface area contributed by atoms with E-state index in [0.717, 1.165) is 30.6 Å². The first kappa shape index (κ1) is 20.4. The molecule has 0 radical (unpaired) electrons. The highest BCUT2D eigenvalue weighted by molar-refractivity contribution is 6.37. The minimum absolute atomic E-state index is 0.0652. The number of aryl methyl sites for hydroxylation is 1. The summed E-state index contributed by atoms with van der Waals surface area (Å²) in [5, 5.41) is 5.65. The van der Waals surface area contributed by atoms with Gasteiger partial charge in [0.2, 0.25) is 5.88 Å². The van der Waals surface area contributed by atoms with Crippen molar-refractivity contribution < 1.29 is 13.9 Å². The fourth-order valence-corrected chi connectivity index (χ4v) is 5.28. The van der Waals surface area contributed by atoms with Gasteiger partial charge in [-0.25, -0.2) is 19.3 Å². The second-order valence-corrected chi connectivity index (χ2v) is 8.67. The molecule has 0 spiro atoms. The molecule has 2 aromatic carbocycles. The molecule has 7 nitrogen and oxygen atoms in total. The largest absolute Gasteiger partial charge is 0.489 e. The van der Waals surface area contributed by atoms with Crippen LogP contribution in [-0.2, 0) is 0 Å². The molecule has 0 amide bonds. The molecule has 0 aliphatic carbocycles. The predicted octanol–water partition coefficient (Wildman–Crippen LogP) is 4.13. The Morgan fingerprint density at radius 3 is 2.91 bits per heavy atom. The third-order valence-electron chi connectivity index (χ3n) is 6.49. The number of fused-ring (bicyclic) bond motifs is 3. The van der Waals surface area contributed by atoms with E-state index in [-0.39, 0.29) is 22.1 Å². The monoisotopic (exact) mass is 465 g/mol. The highest BCUT2D eigenvalue weighted by atomic mass is 35.5. The van der Waals surface area contributed by atoms with E-state index in [9.17, 15) is 0 Å². The van der Waals surface area contributed by atoms with Crippen molar-refractivity contribution in [2.45, 2.75) is 13.0 Å². The van der Waals surface area contributed by atoms with Crippen LogP contribution < -0.4 is 19.7 Å². The third kappa shape index (κ3) is 2.94. The molecule has 2 aliphatic heterocycles. The average Bonchev–Trinajstić information content (AvgIpc) is 3.01. The maximum Gasteiger partial charge on any atom is 0.221 e. The normalized spacial score (nSPS) is 17.6. The lowest BCUT2D eigenvalue weighted by molar-refractivity contribution is 0.274. The number of nitrogens with one attached hydrogen (secondary N) is 1. The summed E-state index contributed by atoms with van der Waals surface area (Å²) in [4.78, 5) is 15.3. The molecule has 33 heavy (non-hydrogen) atoms. The number of piperazine rings is 1. The van der Waals surface area contributed by atoms with E-state index in [2.05, 4.69) is 25.2 Å². The van der Waals surface area contributed by atoms with Crippen molar-refractivity contribution in [1.82, 2.24) is 20.3 Å². The number of pyridine rings is 1. The van der Waals surface area contributed by atoms with Crippen molar-refractivity contribution in [3.05, 3.63) is 47.1 Å². The average molecular weight is 466 g/mol. The van der Waals surface area contributed by atoms with E-state index in [4.69, 9.17) is 21.1 Å². The summed E-state index contributed by atoms with van der Waals surface area (Å²) < 4.78 is 28.1. The van der Waals surface area contributed by atoms with Crippen LogP contribution in [0.2, 0.25) is 5.02 Å². The lowest BCUT2D eigenvalue weighted by atomic mass is 9.93. The molecule has 0 unspecified atom stereocenters. The van der Waals surface area contributed by atoms with Crippen LogP contribution in [0.15, 0.2) is 30.7 Å². The Morgan fingerprint density at radius 1 is 1.18 bits per heavy atom. The Kier molecular flexibility index (Phi) is 4.74. The van der Waals surface area contributed by atoms with E-state index in [1.165, 1.54) is 6.33 Å². The molecule has 1 saturated heterocycles. The Hall–Kier alpha value is -3.23. The van der Waals surface area contributed by atoms with Crippen LogP contribution in [0, 0.1) is 12.7 Å². The first-order valence-electron chi connectivity index (χ1n) is 10.8. The van der Waals surface area contributed by atoms with Crippen LogP contribution >= 0.6 is 11.6 Å². The van der Waals surface area contributed by atoms with Gasteiger partial charge in [0.15, 0.2) is 11.6 Å². The molecule has 168 valence electrons. The number of rotatable bonds is 2. The zero-order valence-electron chi connectivity index (χ0n) is 18.2. The van der Waals surface area contributed by atoms with Crippen LogP contribution in [0.1, 0.15) is 5.56 Å². The van der Waals surface area contributed by atoms with Gasteiger partial charge in [0, 0.05) is 37.0 Å². The summed E-state index contributed by atoms with van der Waals surface area (Å²) in [6.07, 6.45) is 3.07. The highest BCUT2D eigenvalue weighted by Crippen LogP contribution is 2.50. The molecule has 2 aromatic heterocycles. The number of nitrogens with zero attached hydrogens (tertiary/aromatic N) is 4. The highest BCUT2D eigenvalue weighted by Gasteiger charge is 2.34. The summed E-state index contributed by atoms with van der Waals surface area (Å²) in [6.45, 7) is 4.62. The van der Waals surface area contributed by atoms with E-state index < -0.39 is 5.82 Å². The van der Waals surface area contributed by atoms with Crippen LogP contribution in [0.5, 0.6) is 11.6 Å². The fraction of sp³-hybridized carbons (Fsp3) is 0.292. The molecule has 4 aromatic rings. The molecule has 1 atom stereocenters. The van der Waals surface area contributed by atoms with Crippen molar-refractivity contribution in [2.75, 3.05) is 38.3 Å². The fourth-order valence-electron chi connectivity index (χ4n) is 4.95. The van der Waals surface area contributed by atoms with Gasteiger partial charge in [-0.3, -0.25) is 0 Å². The minimum Gasteiger partial charge on any atom is -0.489 e. The summed E-state index contributed by atoms with van der Waals surface area (Å²) >= 11 is 6.96. The third-order valence-corrected chi connectivity index (χ3v) is 6.85. The van der Waals surface area contributed by atoms with Crippen LogP contribution in [0.3, 0.4) is 0 Å². The molecule has 1 fully saturated rings. The van der Waals surface area contributed by atoms with Crippen molar-refractivity contribution in [2.24, 2.45) is 0 Å². The zero-order chi connectivity index (χ0) is 22.7. The molecule has 2 aliphatic rings. The van der Waals surface area contributed by atoms with E-state index in [0.29, 0.717) is 40.4 Å². The second kappa shape index (κ2) is 7.67. The number of halogens is 2. The first-order valence-corrected chi connectivity index (χ1v) is 11.2. The van der Waals surface area contributed by atoms with Gasteiger partial charge in [-0.05, 0) is 23.9 Å². The van der Waals surface area contributed by atoms with Crippen molar-refractivity contribution >= 4 is 39.1 Å². The van der Waals surface area contributed by atoms with Crippen molar-refractivity contribution in [1.29, 1.82) is 0 Å². The van der Waals surface area contributed by atoms with Gasteiger partial charge in [-0.2, -0.15) is 0 Å². The summed E-state index contributed by atoms with van der Waals surface area (Å²) in [5.74, 6) is 0.953. The van der Waals surface area contributed by atoms with Crippen LogP contribution in [0.4, 0.5) is 10.2 Å². The summed E-state index contributed by atoms with van der Waals surface area (Å²) in [7, 11) is 1.55. The van der Waals surface area contributed by atoms with Gasteiger partial charge < -0.3 is 19.7 Å². The molecule has 0 saturated carbocycles. The maximum absolute atomic E-state index is 16.3. The molecule has 9 heteroatoms. The number of anilines is 1. The van der Waals surface area contributed by atoms with Gasteiger partial charge in [0.1, 0.15) is 24.3 Å². The van der Waals surface area contributed by atoms with Gasteiger partial charge in [0.05, 0.1) is 28.9 Å². The van der Waals surface area contributed by atoms with Crippen LogP contribution in [0.25, 0.3) is 32.8 Å². The Bertz CT molecular complexity index is 1430. The Morgan fingerprint density at radius 2 is 2.06 bits per heavy atom. The van der Waals surface area contributed by atoms with Crippen molar-refractivity contribution in [3.8, 4) is 22.8 Å². The second-order valence-electron chi connectivity index (χ2n) is 8.29. The summed E-state index contributed by atoms with van der Waals surface area (Å²) in [6, 6.07) is 5.83. The van der Waals surface area contributed by atoms with Crippen molar-refractivity contribution in [3.63, 3.8) is 0 Å². The lowest BCUT2D eigenvalue weighted by Crippen LogP contribution is -2.53. The SMILES string of the molecule is COc1nccc2ccc(C)c(-c3c(Cl)c4c5c(ncnc5c3F)N3CCNC[C@H]3CO4)c12. The first-order chi connectivity index (χ1) is 16.1. The number of aromatic nitrogens is 3. The van der Waals surface area contributed by atoms with E-state index in [1.54, 1.807) is 13.3 Å².